The van der Waals surface area contributed by atoms with E-state index in [2.05, 4.69) is 15.6 Å². The molecule has 0 spiro atoms. The maximum absolute atomic E-state index is 13.4. The Hall–Kier alpha value is -3.66. The first-order valence-corrected chi connectivity index (χ1v) is 13.0. The molecule has 1 aliphatic rings. The molecule has 196 valence electrons. The molecule has 4 rings (SSSR count). The topological polar surface area (TPSA) is 115 Å². The van der Waals surface area contributed by atoms with Crippen molar-refractivity contribution in [1.29, 1.82) is 0 Å². The van der Waals surface area contributed by atoms with Gasteiger partial charge in [-0.3, -0.25) is 14.6 Å². The number of carbonyl (C=O) groups excluding carboxylic acids is 2. The lowest BCUT2D eigenvalue weighted by Crippen LogP contribution is -2.29. The molecule has 0 aliphatic carbocycles. The molecular formula is C27H24Cl2N4O4S. The van der Waals surface area contributed by atoms with Gasteiger partial charge in [0.1, 0.15) is 21.8 Å². The summed E-state index contributed by atoms with van der Waals surface area (Å²) in [5.41, 5.74) is 8.17. The molecule has 38 heavy (non-hydrogen) atoms. The van der Waals surface area contributed by atoms with Crippen molar-refractivity contribution in [1.82, 2.24) is 0 Å². The van der Waals surface area contributed by atoms with Crippen LogP contribution in [0.2, 0.25) is 10.0 Å². The summed E-state index contributed by atoms with van der Waals surface area (Å²) in [4.78, 5) is 31.4. The van der Waals surface area contributed by atoms with Gasteiger partial charge in [-0.05, 0) is 29.8 Å². The first kappa shape index (κ1) is 27.4. The van der Waals surface area contributed by atoms with Gasteiger partial charge in [0.05, 0.1) is 47.8 Å². The summed E-state index contributed by atoms with van der Waals surface area (Å²) in [6, 6.07) is 19.4. The van der Waals surface area contributed by atoms with Crippen molar-refractivity contribution < 1.29 is 19.1 Å². The fourth-order valence-corrected chi connectivity index (χ4v) is 5.26. The number of ether oxygens (including phenoxy) is 2. The zero-order chi connectivity index (χ0) is 27.2. The Bertz CT molecular complexity index is 1410. The predicted octanol–water partition coefficient (Wildman–Crippen LogP) is 5.51. The highest BCUT2D eigenvalue weighted by atomic mass is 35.5. The summed E-state index contributed by atoms with van der Waals surface area (Å²) in [5.74, 6) is -0.0364. The fourth-order valence-electron chi connectivity index (χ4n) is 3.67. The molecule has 11 heteroatoms. The predicted molar refractivity (Wildman–Crippen MR) is 153 cm³/mol. The van der Waals surface area contributed by atoms with E-state index in [9.17, 15) is 9.59 Å². The number of thioether (sulfide) groups is 1. The van der Waals surface area contributed by atoms with E-state index >= 15 is 0 Å². The van der Waals surface area contributed by atoms with E-state index in [1.54, 1.807) is 36.4 Å². The smallest absolute Gasteiger partial charge is 0.260 e. The Morgan fingerprint density at radius 2 is 1.68 bits per heavy atom. The minimum atomic E-state index is -0.918. The number of hydrogen-bond acceptors (Lipinski definition) is 7. The van der Waals surface area contributed by atoms with Crippen LogP contribution in [-0.4, -0.2) is 36.3 Å². The van der Waals surface area contributed by atoms with Crippen LogP contribution < -0.4 is 25.8 Å². The number of aliphatic imine (C=N–C) groups is 1. The summed E-state index contributed by atoms with van der Waals surface area (Å²) in [5, 5.41) is 5.48. The van der Waals surface area contributed by atoms with Crippen molar-refractivity contribution in [2.45, 2.75) is 11.8 Å². The van der Waals surface area contributed by atoms with Crippen LogP contribution in [0.5, 0.6) is 11.5 Å². The highest BCUT2D eigenvalue weighted by Gasteiger charge is 2.38. The molecule has 3 aromatic carbocycles. The van der Waals surface area contributed by atoms with Crippen LogP contribution in [0, 0.1) is 0 Å². The van der Waals surface area contributed by atoms with Crippen molar-refractivity contribution in [3.05, 3.63) is 93.6 Å². The number of nitrogens with two attached hydrogens (primary N) is 1. The van der Waals surface area contributed by atoms with Gasteiger partial charge in [-0.15, -0.1) is 0 Å². The van der Waals surface area contributed by atoms with Gasteiger partial charge in [-0.25, -0.2) is 0 Å². The van der Waals surface area contributed by atoms with Gasteiger partial charge in [0.25, 0.3) is 5.91 Å². The SMILES string of the molecule is COc1ccc(NC(=O)[C@@H]2SC(=NCc3ccccc3)C(C(=O)Nc3c(Cl)cccc3Cl)=C2N)c(OC)c1. The zero-order valence-corrected chi connectivity index (χ0v) is 22.8. The monoisotopic (exact) mass is 570 g/mol. The Kier molecular flexibility index (Phi) is 8.83. The molecule has 8 nitrogen and oxygen atoms in total. The molecule has 0 aromatic heterocycles. The third-order valence-electron chi connectivity index (χ3n) is 5.60. The van der Waals surface area contributed by atoms with Crippen LogP contribution in [-0.2, 0) is 16.1 Å². The maximum Gasteiger partial charge on any atom is 0.260 e. The Labute approximate surface area is 234 Å². The lowest BCUT2D eigenvalue weighted by atomic mass is 10.1. The molecule has 1 heterocycles. The quantitative estimate of drug-likeness (QED) is 0.328. The van der Waals surface area contributed by atoms with Crippen molar-refractivity contribution >= 4 is 63.2 Å². The molecule has 0 radical (unpaired) electrons. The number of para-hydroxylation sites is 1. The number of nitrogens with zero attached hydrogens (tertiary/aromatic N) is 1. The lowest BCUT2D eigenvalue weighted by Gasteiger charge is -2.14. The van der Waals surface area contributed by atoms with E-state index in [0.29, 0.717) is 28.8 Å². The Morgan fingerprint density at radius 1 is 0.974 bits per heavy atom. The molecule has 3 aromatic rings. The van der Waals surface area contributed by atoms with Gasteiger partial charge in [0.2, 0.25) is 5.91 Å². The molecular weight excluding hydrogens is 547 g/mol. The van der Waals surface area contributed by atoms with Crippen molar-refractivity contribution in [2.24, 2.45) is 10.7 Å². The van der Waals surface area contributed by atoms with Gasteiger partial charge >= 0.3 is 0 Å². The van der Waals surface area contributed by atoms with Crippen LogP contribution in [0.15, 0.2) is 83.0 Å². The second-order valence-corrected chi connectivity index (χ2v) is 9.95. The van der Waals surface area contributed by atoms with Gasteiger partial charge in [-0.1, -0.05) is 71.4 Å². The summed E-state index contributed by atoms with van der Waals surface area (Å²) >= 11 is 13.6. The van der Waals surface area contributed by atoms with Crippen LogP contribution in [0.4, 0.5) is 11.4 Å². The maximum atomic E-state index is 13.4. The van der Waals surface area contributed by atoms with Crippen LogP contribution in [0.1, 0.15) is 5.56 Å². The zero-order valence-electron chi connectivity index (χ0n) is 20.5. The van der Waals surface area contributed by atoms with Crippen LogP contribution in [0.3, 0.4) is 0 Å². The highest BCUT2D eigenvalue weighted by molar-refractivity contribution is 8.16. The number of halogens is 2. The number of rotatable bonds is 8. The number of anilines is 2. The molecule has 0 bridgehead atoms. The minimum absolute atomic E-state index is 0.0625. The summed E-state index contributed by atoms with van der Waals surface area (Å²) in [6.07, 6.45) is 0. The minimum Gasteiger partial charge on any atom is -0.497 e. The first-order valence-electron chi connectivity index (χ1n) is 11.4. The molecule has 0 saturated heterocycles. The summed E-state index contributed by atoms with van der Waals surface area (Å²) in [7, 11) is 3.02. The summed E-state index contributed by atoms with van der Waals surface area (Å²) < 4.78 is 10.6. The lowest BCUT2D eigenvalue weighted by molar-refractivity contribution is -0.115. The van der Waals surface area contributed by atoms with E-state index in [1.165, 1.54) is 14.2 Å². The third kappa shape index (κ3) is 6.07. The molecule has 1 aliphatic heterocycles. The molecule has 0 saturated carbocycles. The Balaban J connectivity index is 1.65. The molecule has 4 N–H and O–H groups in total. The number of benzene rings is 3. The number of carbonyl (C=O) groups is 2. The van der Waals surface area contributed by atoms with Crippen LogP contribution >= 0.6 is 35.0 Å². The van der Waals surface area contributed by atoms with Gasteiger partial charge in [-0.2, -0.15) is 0 Å². The van der Waals surface area contributed by atoms with Crippen molar-refractivity contribution in [3.8, 4) is 11.5 Å². The third-order valence-corrected chi connectivity index (χ3v) is 7.49. The Morgan fingerprint density at radius 3 is 2.34 bits per heavy atom. The molecule has 0 unspecified atom stereocenters. The van der Waals surface area contributed by atoms with Gasteiger partial charge in [0.15, 0.2) is 0 Å². The van der Waals surface area contributed by atoms with E-state index in [0.717, 1.165) is 17.3 Å². The number of hydrogen-bond donors (Lipinski definition) is 3. The average molecular weight is 571 g/mol. The molecule has 2 amide bonds. The first-order chi connectivity index (χ1) is 18.3. The summed E-state index contributed by atoms with van der Waals surface area (Å²) in [6.45, 7) is 0.292. The number of amides is 2. The normalized spacial score (nSPS) is 15.9. The van der Waals surface area contributed by atoms with E-state index in [1.807, 2.05) is 30.3 Å². The van der Waals surface area contributed by atoms with Crippen LogP contribution in [0.25, 0.3) is 0 Å². The number of nitrogens with one attached hydrogen (secondary N) is 2. The standard InChI is InChI=1S/C27H24Cl2N4O4S/c1-36-16-11-12-19(20(13-16)37-2)32-26(35)24-22(30)21(25(34)33-23-17(28)9-6-10-18(23)29)27(38-24)31-14-15-7-4-3-5-8-15/h3-13,24H,14,30H2,1-2H3,(H,32,35)(H,33,34)/t24-/m1/s1. The molecule has 1 atom stereocenters. The van der Waals surface area contributed by atoms with Gasteiger partial charge in [0, 0.05) is 11.8 Å². The average Bonchev–Trinajstić information content (AvgIpc) is 3.26. The fraction of sp³-hybridized carbons (Fsp3) is 0.148. The second kappa shape index (κ2) is 12.3. The second-order valence-electron chi connectivity index (χ2n) is 8.04. The van der Waals surface area contributed by atoms with Crippen molar-refractivity contribution in [2.75, 3.05) is 24.9 Å². The van der Waals surface area contributed by atoms with E-state index < -0.39 is 17.1 Å². The molecule has 0 fully saturated rings. The highest BCUT2D eigenvalue weighted by Crippen LogP contribution is 2.37. The van der Waals surface area contributed by atoms with Gasteiger partial charge < -0.3 is 25.8 Å². The van der Waals surface area contributed by atoms with Crippen molar-refractivity contribution in [3.63, 3.8) is 0 Å². The number of methoxy groups -OCH3 is 2. The largest absolute Gasteiger partial charge is 0.497 e. The van der Waals surface area contributed by atoms with E-state index in [-0.39, 0.29) is 27.0 Å². The van der Waals surface area contributed by atoms with E-state index in [4.69, 9.17) is 38.4 Å².